The summed E-state index contributed by atoms with van der Waals surface area (Å²) in [5.41, 5.74) is 0. The van der Waals surface area contributed by atoms with Crippen molar-refractivity contribution in [2.24, 2.45) is 0 Å². The highest BCUT2D eigenvalue weighted by Gasteiger charge is 2.18. The Labute approximate surface area is 91.1 Å². The van der Waals surface area contributed by atoms with Crippen LogP contribution in [0.4, 0.5) is 0 Å². The van der Waals surface area contributed by atoms with Gasteiger partial charge >= 0.3 is 0 Å². The van der Waals surface area contributed by atoms with Crippen LogP contribution in [0.3, 0.4) is 0 Å². The molecule has 0 aromatic heterocycles. The molecule has 0 amide bonds. The van der Waals surface area contributed by atoms with Crippen molar-refractivity contribution in [3.63, 3.8) is 0 Å². The van der Waals surface area contributed by atoms with Gasteiger partial charge in [0.25, 0.3) is 0 Å². The van der Waals surface area contributed by atoms with Gasteiger partial charge in [0.05, 0.1) is 25.5 Å². The molecule has 92 valence electrons. The molecule has 0 unspecified atom stereocenters. The maximum atomic E-state index is 11.5. The lowest BCUT2D eigenvalue weighted by atomic mass is 10.8. The largest absolute Gasteiger partial charge is 0.344 e. The molecule has 0 heterocycles. The molecule has 0 rings (SSSR count). The monoisotopic (exact) mass is 240 g/mol. The van der Waals surface area contributed by atoms with E-state index in [9.17, 15) is 9.46 Å². The summed E-state index contributed by atoms with van der Waals surface area (Å²) in [5, 5.41) is 3.02. The summed E-state index contributed by atoms with van der Waals surface area (Å²) in [5.74, 6) is 0. The quantitative estimate of drug-likeness (QED) is 0.484. The predicted molar refractivity (Wildman–Crippen MR) is 58.8 cm³/mol. The summed E-state index contributed by atoms with van der Waals surface area (Å²) >= 11 is 0. The van der Waals surface area contributed by atoms with Crippen LogP contribution in [0.15, 0.2) is 0 Å². The number of nitrogens with zero attached hydrogens (tertiary/aromatic N) is 2. The van der Waals surface area contributed by atoms with Crippen molar-refractivity contribution < 1.29 is 19.1 Å². The van der Waals surface area contributed by atoms with E-state index in [0.29, 0.717) is 0 Å². The lowest BCUT2D eigenvalue weighted by molar-refractivity contribution is -0.115. The van der Waals surface area contributed by atoms with Crippen LogP contribution in [0.1, 0.15) is 0 Å². The summed E-state index contributed by atoms with van der Waals surface area (Å²) in [4.78, 5) is 19.6. The van der Waals surface area contributed by atoms with Crippen LogP contribution in [-0.2, 0) is 14.2 Å². The molecule has 0 atom stereocenters. The molecule has 0 bridgehead atoms. The van der Waals surface area contributed by atoms with Gasteiger partial charge in [0.1, 0.15) is 0 Å². The Bertz CT molecular complexity index is 193. The van der Waals surface area contributed by atoms with Gasteiger partial charge in [0, 0.05) is 28.2 Å². The molecule has 6 nitrogen and oxygen atoms in total. The molecular formula is C8H21N2O4P. The van der Waals surface area contributed by atoms with Gasteiger partial charge in [-0.15, -0.1) is 0 Å². The normalized spacial score (nSPS) is 12.7. The lowest BCUT2D eigenvalue weighted by Gasteiger charge is -2.15. The van der Waals surface area contributed by atoms with Gasteiger partial charge in [-0.05, 0) is 0 Å². The zero-order chi connectivity index (χ0) is 11.9. The molecule has 0 radical (unpaired) electrons. The fraction of sp³-hybridized carbons (Fsp3) is 1.00. The first-order valence-corrected chi connectivity index (χ1v) is 6.78. The summed E-state index contributed by atoms with van der Waals surface area (Å²) in [6.07, 6.45) is 0.309. The molecule has 0 aliphatic carbocycles. The number of hydrogen-bond acceptors (Lipinski definition) is 5. The third kappa shape index (κ3) is 10.3. The van der Waals surface area contributed by atoms with Crippen LogP contribution in [0, 0.1) is 0 Å². The smallest absolute Gasteiger partial charge is 0.205 e. The number of hydroxylamine groups is 4. The minimum atomic E-state index is -3.11. The maximum Gasteiger partial charge on any atom is 0.205 e. The minimum Gasteiger partial charge on any atom is -0.344 e. The second-order valence-electron chi connectivity index (χ2n) is 3.58. The Morgan fingerprint density at radius 1 is 1.00 bits per heavy atom. The highest BCUT2D eigenvalue weighted by molar-refractivity contribution is 7.58. The first-order chi connectivity index (χ1) is 6.83. The molecule has 15 heavy (non-hydrogen) atoms. The Hall–Kier alpha value is 0.0300. The first kappa shape index (κ1) is 15.0. The lowest BCUT2D eigenvalue weighted by Crippen LogP contribution is -2.18. The molecule has 7 heteroatoms. The van der Waals surface area contributed by atoms with Gasteiger partial charge in [-0.1, -0.05) is 0 Å². The van der Waals surface area contributed by atoms with Gasteiger partial charge in [-0.2, -0.15) is 10.1 Å². The third-order valence-corrected chi connectivity index (χ3v) is 3.34. The molecule has 0 spiro atoms. The Morgan fingerprint density at radius 2 is 1.33 bits per heavy atom. The fourth-order valence-corrected chi connectivity index (χ4v) is 1.80. The summed E-state index contributed by atoms with van der Waals surface area (Å²) in [6, 6.07) is 0. The van der Waals surface area contributed by atoms with Crippen LogP contribution in [-0.4, -0.2) is 68.7 Å². The average molecular weight is 240 g/mol. The second kappa shape index (κ2) is 7.33. The van der Waals surface area contributed by atoms with Gasteiger partial charge in [-0.25, -0.2) is 0 Å². The van der Waals surface area contributed by atoms with Crippen molar-refractivity contribution >= 4 is 7.37 Å². The number of rotatable bonds is 8. The third-order valence-electron chi connectivity index (χ3n) is 1.58. The molecule has 0 aromatic rings. The van der Waals surface area contributed by atoms with Crippen molar-refractivity contribution in [3.8, 4) is 0 Å². The van der Waals surface area contributed by atoms with E-state index in [1.807, 2.05) is 0 Å². The van der Waals surface area contributed by atoms with Crippen LogP contribution in [0.2, 0.25) is 0 Å². The van der Waals surface area contributed by atoms with E-state index >= 15 is 0 Å². The highest BCUT2D eigenvalue weighted by atomic mass is 31.2. The Balaban J connectivity index is 3.63. The van der Waals surface area contributed by atoms with Crippen LogP contribution in [0.25, 0.3) is 0 Å². The second-order valence-corrected chi connectivity index (χ2v) is 6.17. The highest BCUT2D eigenvalue weighted by Crippen LogP contribution is 2.39. The molecular weight excluding hydrogens is 219 g/mol. The van der Waals surface area contributed by atoms with Crippen molar-refractivity contribution in [3.05, 3.63) is 0 Å². The van der Waals surface area contributed by atoms with E-state index in [-0.39, 0.29) is 25.5 Å². The van der Waals surface area contributed by atoms with Gasteiger partial charge < -0.3 is 4.89 Å². The summed E-state index contributed by atoms with van der Waals surface area (Å²) in [6.45, 7) is 0.505. The Morgan fingerprint density at radius 3 is 1.60 bits per heavy atom. The van der Waals surface area contributed by atoms with Crippen LogP contribution in [0.5, 0.6) is 0 Å². The maximum absolute atomic E-state index is 11.5. The molecule has 0 aliphatic heterocycles. The number of hydrogen-bond donors (Lipinski definition) is 1. The van der Waals surface area contributed by atoms with E-state index in [4.69, 9.17) is 9.68 Å². The summed E-state index contributed by atoms with van der Waals surface area (Å²) < 4.78 is 11.5. The van der Waals surface area contributed by atoms with E-state index < -0.39 is 7.37 Å². The molecule has 0 saturated carbocycles. The Kier molecular flexibility index (Phi) is 7.34. The first-order valence-electron chi connectivity index (χ1n) is 4.75. The topological polar surface area (TPSA) is 62.2 Å². The SMILES string of the molecule is CN(C)OCCP(=O)(O)CCON(C)C. The predicted octanol–water partition coefficient (Wildman–Crippen LogP) is 0.243. The molecule has 0 aliphatic rings. The van der Waals surface area contributed by atoms with Crippen molar-refractivity contribution in [1.82, 2.24) is 10.1 Å². The van der Waals surface area contributed by atoms with E-state index in [1.165, 1.54) is 10.1 Å². The standard InChI is InChI=1S/C8H21N2O4P/c1-9(2)13-5-7-15(11,12)8-6-14-10(3)4/h5-8H2,1-4H3,(H,11,12). The zero-order valence-corrected chi connectivity index (χ0v) is 10.7. The van der Waals surface area contributed by atoms with E-state index in [1.54, 1.807) is 28.2 Å². The average Bonchev–Trinajstić information content (AvgIpc) is 2.01. The van der Waals surface area contributed by atoms with Gasteiger partial charge in [0.15, 0.2) is 0 Å². The molecule has 1 N–H and O–H groups in total. The molecule has 0 fully saturated rings. The van der Waals surface area contributed by atoms with Gasteiger partial charge in [-0.3, -0.25) is 14.2 Å². The van der Waals surface area contributed by atoms with Crippen molar-refractivity contribution in [1.29, 1.82) is 0 Å². The van der Waals surface area contributed by atoms with E-state index in [2.05, 4.69) is 0 Å². The van der Waals surface area contributed by atoms with Crippen LogP contribution < -0.4 is 0 Å². The van der Waals surface area contributed by atoms with Crippen LogP contribution >= 0.6 is 7.37 Å². The molecule has 0 aromatic carbocycles. The van der Waals surface area contributed by atoms with E-state index in [0.717, 1.165) is 0 Å². The molecule has 0 saturated heterocycles. The van der Waals surface area contributed by atoms with Crippen molar-refractivity contribution in [2.75, 3.05) is 53.7 Å². The minimum absolute atomic E-state index is 0.155. The fourth-order valence-electron chi connectivity index (χ4n) is 0.844. The summed E-state index contributed by atoms with van der Waals surface area (Å²) in [7, 11) is 3.83. The van der Waals surface area contributed by atoms with Gasteiger partial charge in [0.2, 0.25) is 7.37 Å². The van der Waals surface area contributed by atoms with Crippen molar-refractivity contribution in [2.45, 2.75) is 0 Å². The zero-order valence-electron chi connectivity index (χ0n) is 9.84.